The summed E-state index contributed by atoms with van der Waals surface area (Å²) in [6.07, 6.45) is 20.9. The van der Waals surface area contributed by atoms with Gasteiger partial charge in [0.25, 0.3) is 0 Å². The summed E-state index contributed by atoms with van der Waals surface area (Å²) in [6.45, 7) is 3.04. The molecule has 0 aliphatic heterocycles. The Morgan fingerprint density at radius 2 is 1.12 bits per heavy atom. The van der Waals surface area contributed by atoms with E-state index in [1.807, 2.05) is 0 Å². The Morgan fingerprint density at radius 3 is 1.48 bits per heavy atom. The van der Waals surface area contributed by atoms with Crippen LogP contribution in [0, 0.1) is 0 Å². The molecule has 0 unspecified atom stereocenters. The van der Waals surface area contributed by atoms with Crippen LogP contribution in [0.4, 0.5) is 0 Å². The quantitative estimate of drug-likeness (QED) is 0.0888. The average molecular weight is 508 g/mol. The number of hydrogen-bond acceptors (Lipinski definition) is 5. The number of carbonyl (C=O) groups is 3. The van der Waals surface area contributed by atoms with Crippen LogP contribution in [0.3, 0.4) is 0 Å². The van der Waals surface area contributed by atoms with Gasteiger partial charge in [-0.25, -0.2) is 9.59 Å². The van der Waals surface area contributed by atoms with E-state index in [1.54, 1.807) is 0 Å². The third kappa shape index (κ3) is 30.8. The molecular formula is C24H44O8Ti. The zero-order valence-corrected chi connectivity index (χ0v) is 22.0. The number of rotatable bonds is 20. The van der Waals surface area contributed by atoms with Crippen molar-refractivity contribution in [2.24, 2.45) is 0 Å². The molecule has 3 N–H and O–H groups in total. The Balaban J connectivity index is 0. The van der Waals surface area contributed by atoms with Crippen LogP contribution >= 0.6 is 0 Å². The van der Waals surface area contributed by atoms with Crippen molar-refractivity contribution in [1.82, 2.24) is 0 Å². The van der Waals surface area contributed by atoms with E-state index in [2.05, 4.69) is 11.7 Å². The van der Waals surface area contributed by atoms with Crippen molar-refractivity contribution in [1.29, 1.82) is 0 Å². The predicted octanol–water partition coefficient (Wildman–Crippen LogP) is 5.16. The molecule has 0 radical (unpaired) electrons. The predicted molar refractivity (Wildman–Crippen MR) is 122 cm³/mol. The monoisotopic (exact) mass is 508 g/mol. The number of carbonyl (C=O) groups excluding carboxylic acids is 2. The Hall–Kier alpha value is -1.22. The first-order valence-corrected chi connectivity index (χ1v) is 14.3. The van der Waals surface area contributed by atoms with Gasteiger partial charge in [-0.05, 0) is 19.4 Å². The second-order valence-electron chi connectivity index (χ2n) is 8.25. The molecule has 0 amide bonds. The van der Waals surface area contributed by atoms with Crippen LogP contribution in [0.5, 0.6) is 0 Å². The van der Waals surface area contributed by atoms with Gasteiger partial charge >= 0.3 is 41.3 Å². The average Bonchev–Trinajstić information content (AvgIpc) is 2.74. The van der Waals surface area contributed by atoms with Crippen molar-refractivity contribution in [2.75, 3.05) is 6.61 Å². The molecular weight excluding hydrogens is 464 g/mol. The Morgan fingerprint density at radius 1 is 0.758 bits per heavy atom. The van der Waals surface area contributed by atoms with Crippen molar-refractivity contribution < 1.29 is 53.5 Å². The van der Waals surface area contributed by atoms with Crippen LogP contribution in [0.2, 0.25) is 0 Å². The molecule has 0 saturated carbocycles. The second kappa shape index (κ2) is 25.4. The second-order valence-corrected chi connectivity index (χ2v) is 9.13. The zero-order valence-electron chi connectivity index (χ0n) is 20.5. The third-order valence-corrected chi connectivity index (χ3v) is 5.05. The van der Waals surface area contributed by atoms with E-state index in [-0.39, 0.29) is 11.4 Å². The third-order valence-electron chi connectivity index (χ3n) is 5.05. The van der Waals surface area contributed by atoms with Crippen LogP contribution in [0.1, 0.15) is 117 Å². The summed E-state index contributed by atoms with van der Waals surface area (Å²) in [6, 6.07) is 0. The fourth-order valence-corrected chi connectivity index (χ4v) is 3.28. The first-order valence-electron chi connectivity index (χ1n) is 12.2. The normalized spacial score (nSPS) is 10.8. The molecule has 0 aromatic heterocycles. The summed E-state index contributed by atoms with van der Waals surface area (Å²) in [5.74, 6) is -2.07. The molecule has 0 heterocycles. The number of esters is 1. The van der Waals surface area contributed by atoms with Gasteiger partial charge < -0.3 is 9.84 Å². The fraction of sp³-hybridized carbons (Fsp3) is 0.792. The number of allylic oxidation sites excluding steroid dienone is 1. The van der Waals surface area contributed by atoms with Gasteiger partial charge in [-0.2, -0.15) is 0 Å². The minimum absolute atomic E-state index is 0.107. The van der Waals surface area contributed by atoms with Gasteiger partial charge in [0.1, 0.15) is 0 Å². The molecule has 9 heteroatoms. The van der Waals surface area contributed by atoms with Crippen molar-refractivity contribution in [2.45, 2.75) is 117 Å². The molecule has 8 nitrogen and oxygen atoms in total. The molecule has 0 aliphatic carbocycles. The van der Waals surface area contributed by atoms with Gasteiger partial charge in [0.2, 0.25) is 0 Å². The summed E-state index contributed by atoms with van der Waals surface area (Å²) in [5, 5.41) is 8.46. The van der Waals surface area contributed by atoms with Crippen LogP contribution in [-0.2, 0) is 41.1 Å². The number of aliphatic carboxylic acids is 1. The van der Waals surface area contributed by atoms with Crippen LogP contribution in [-0.4, -0.2) is 36.8 Å². The molecule has 0 aliphatic rings. The van der Waals surface area contributed by atoms with E-state index in [1.165, 1.54) is 90.0 Å². The van der Waals surface area contributed by atoms with Gasteiger partial charge in [-0.3, -0.25) is 4.79 Å². The van der Waals surface area contributed by atoms with Gasteiger partial charge in [0, 0.05) is 12.0 Å². The zero-order chi connectivity index (χ0) is 25.3. The van der Waals surface area contributed by atoms with Crippen LogP contribution in [0.25, 0.3) is 0 Å². The Labute approximate surface area is 205 Å². The van der Waals surface area contributed by atoms with E-state index in [9.17, 15) is 14.4 Å². The first kappa shape index (κ1) is 34.0. The molecule has 0 atom stereocenters. The Bertz CT molecular complexity index is 571. The molecule has 0 fully saturated rings. The molecule has 0 saturated heterocycles. The summed E-state index contributed by atoms with van der Waals surface area (Å²) in [4.78, 5) is 33.7. The standard InChI is InChI=1S/C24H42O5.2H2O.O.Ti/c1-3-4-5-6-7-8-9-10-11-12-13-14-15-16-17-18-22(25)19-21(2)24(28)29-20-23(26)27;;;;/h19H,3-18,20H2,1-2H3,(H,26,27);2*1H2;;/q;;;;+2/p-2. The number of ether oxygens (including phenoxy) is 1. The van der Waals surface area contributed by atoms with Crippen molar-refractivity contribution in [3.63, 3.8) is 0 Å². The van der Waals surface area contributed by atoms with Crippen molar-refractivity contribution in [3.05, 3.63) is 11.6 Å². The number of unbranched alkanes of at least 4 members (excludes halogenated alkanes) is 14. The topological polar surface area (TPSA) is 138 Å². The first-order chi connectivity index (χ1) is 15.7. The SMILES string of the molecule is CCCCCCCCCCCCCCCCCC(=O)C=C(C)C(=O)OCC(=O)O.[O]=[Ti]([OH])[OH]. The molecule has 192 valence electrons. The Kier molecular flexibility index (Phi) is 26.1. The summed E-state index contributed by atoms with van der Waals surface area (Å²) in [5.41, 5.74) is 0.150. The number of carboxylic acid groups (broad SMARTS) is 1. The molecule has 0 aromatic carbocycles. The summed E-state index contributed by atoms with van der Waals surface area (Å²) >= 11 is -3.58. The van der Waals surface area contributed by atoms with Crippen LogP contribution < -0.4 is 0 Å². The number of ketones is 1. The van der Waals surface area contributed by atoms with Crippen molar-refractivity contribution >= 4 is 17.7 Å². The molecule has 0 rings (SSSR count). The molecule has 33 heavy (non-hydrogen) atoms. The van der Waals surface area contributed by atoms with E-state index in [0.717, 1.165) is 19.3 Å². The van der Waals surface area contributed by atoms with E-state index in [0.29, 0.717) is 6.42 Å². The van der Waals surface area contributed by atoms with Gasteiger partial charge in [-0.15, -0.1) is 0 Å². The molecule has 0 aromatic rings. The summed E-state index contributed by atoms with van der Waals surface area (Å²) in [7, 11) is 0. The number of hydrogen-bond donors (Lipinski definition) is 3. The van der Waals surface area contributed by atoms with Gasteiger partial charge in [0.05, 0.1) is 0 Å². The van der Waals surface area contributed by atoms with Crippen LogP contribution in [0.15, 0.2) is 11.6 Å². The van der Waals surface area contributed by atoms with Gasteiger partial charge in [-0.1, -0.05) is 96.8 Å². The number of carboxylic acids is 1. The van der Waals surface area contributed by atoms with E-state index >= 15 is 0 Å². The summed E-state index contributed by atoms with van der Waals surface area (Å²) < 4.78 is 27.8. The van der Waals surface area contributed by atoms with Gasteiger partial charge in [0.15, 0.2) is 12.4 Å². The van der Waals surface area contributed by atoms with E-state index in [4.69, 9.17) is 15.8 Å². The van der Waals surface area contributed by atoms with Crippen molar-refractivity contribution in [3.8, 4) is 0 Å². The fourth-order valence-electron chi connectivity index (χ4n) is 3.28. The van der Waals surface area contributed by atoms with E-state index < -0.39 is 37.2 Å². The molecule has 0 spiro atoms. The molecule has 0 bridgehead atoms. The maximum atomic E-state index is 11.8. The minimum atomic E-state index is -3.58. The maximum absolute atomic E-state index is 11.8.